The molecule has 0 bridgehead atoms. The van der Waals surface area contributed by atoms with Crippen LogP contribution in [0.1, 0.15) is 52.3 Å². The van der Waals surface area contributed by atoms with Crippen LogP contribution in [0.5, 0.6) is 11.5 Å². The number of ether oxygens (including phenoxy) is 1. The third-order valence-corrected chi connectivity index (χ3v) is 6.93. The number of benzene rings is 2. The minimum atomic E-state index is 0.243. The molecule has 1 fully saturated rings. The van der Waals surface area contributed by atoms with Crippen molar-refractivity contribution < 1.29 is 14.1 Å². The Kier molecular flexibility index (Phi) is 8.39. The molecule has 0 unspecified atom stereocenters. The topological polar surface area (TPSA) is 84.6 Å². The molecule has 0 aliphatic carbocycles. The van der Waals surface area contributed by atoms with Gasteiger partial charge in [0, 0.05) is 44.6 Å². The first-order valence-corrected chi connectivity index (χ1v) is 14.0. The second-order valence-electron chi connectivity index (χ2n) is 10.5. The summed E-state index contributed by atoms with van der Waals surface area (Å²) in [5.74, 6) is 3.70. The molecule has 0 radical (unpaired) electrons. The molecule has 8 nitrogen and oxygen atoms in total. The van der Waals surface area contributed by atoms with E-state index >= 15 is 0 Å². The van der Waals surface area contributed by atoms with Crippen molar-refractivity contribution in [1.82, 2.24) is 20.0 Å². The smallest absolute Gasteiger partial charge is 0.263 e. The Morgan fingerprint density at radius 2 is 1.82 bits per heavy atom. The van der Waals surface area contributed by atoms with Crippen LogP contribution >= 0.6 is 0 Å². The van der Waals surface area contributed by atoms with Crippen molar-refractivity contribution in [1.29, 1.82) is 0 Å². The number of rotatable bonds is 9. The van der Waals surface area contributed by atoms with Crippen LogP contribution in [0, 0.1) is 5.92 Å². The molecule has 0 spiro atoms. The van der Waals surface area contributed by atoms with Crippen LogP contribution in [0.2, 0.25) is 0 Å². The molecular formula is C31H37N5O3. The average Bonchev–Trinajstić information content (AvgIpc) is 3.20. The molecule has 2 aromatic carbocycles. The van der Waals surface area contributed by atoms with Gasteiger partial charge in [-0.25, -0.2) is 4.98 Å². The summed E-state index contributed by atoms with van der Waals surface area (Å²) < 4.78 is 11.9. The molecule has 3 heterocycles. The van der Waals surface area contributed by atoms with E-state index in [1.54, 1.807) is 0 Å². The van der Waals surface area contributed by atoms with E-state index < -0.39 is 0 Å². The average molecular weight is 528 g/mol. The van der Waals surface area contributed by atoms with Gasteiger partial charge in [0.2, 0.25) is 5.91 Å². The monoisotopic (exact) mass is 527 g/mol. The van der Waals surface area contributed by atoms with Crippen LogP contribution in [0.25, 0.3) is 22.4 Å². The minimum absolute atomic E-state index is 0.243. The Hall–Kier alpha value is -3.94. The molecule has 39 heavy (non-hydrogen) atoms. The van der Waals surface area contributed by atoms with Gasteiger partial charge in [0.15, 0.2) is 0 Å². The van der Waals surface area contributed by atoms with Gasteiger partial charge < -0.3 is 19.1 Å². The number of hydrogen-bond donors (Lipinski definition) is 0. The van der Waals surface area contributed by atoms with Gasteiger partial charge in [0.1, 0.15) is 34.2 Å². The molecule has 2 aromatic heterocycles. The number of amides is 1. The number of fused-ring (bicyclic) bond motifs is 1. The normalized spacial score (nSPS) is 14.2. The maximum absolute atomic E-state index is 12.7. The third-order valence-electron chi connectivity index (χ3n) is 6.93. The van der Waals surface area contributed by atoms with Crippen molar-refractivity contribution in [2.24, 2.45) is 5.92 Å². The first kappa shape index (κ1) is 26.7. The number of aromatic nitrogens is 3. The van der Waals surface area contributed by atoms with Gasteiger partial charge in [-0.15, -0.1) is 0 Å². The summed E-state index contributed by atoms with van der Waals surface area (Å²) in [5, 5.41) is 5.26. The van der Waals surface area contributed by atoms with Gasteiger partial charge in [0.05, 0.1) is 0 Å². The Morgan fingerprint density at radius 3 is 2.62 bits per heavy atom. The predicted molar refractivity (Wildman–Crippen MR) is 153 cm³/mol. The fraction of sp³-hybridized carbons (Fsp3) is 0.419. The van der Waals surface area contributed by atoms with E-state index in [0.29, 0.717) is 42.6 Å². The molecule has 8 heteroatoms. The summed E-state index contributed by atoms with van der Waals surface area (Å²) in [6.07, 6.45) is 4.20. The molecule has 0 N–H and O–H groups in total. The van der Waals surface area contributed by atoms with E-state index in [1.807, 2.05) is 59.5 Å². The number of unbranched alkanes of at least 4 members (excludes halogenated alkanes) is 1. The Morgan fingerprint density at radius 1 is 1.00 bits per heavy atom. The van der Waals surface area contributed by atoms with Gasteiger partial charge in [-0.2, -0.15) is 4.98 Å². The van der Waals surface area contributed by atoms with Crippen molar-refractivity contribution in [3.8, 4) is 22.8 Å². The van der Waals surface area contributed by atoms with Crippen molar-refractivity contribution in [2.45, 2.75) is 52.9 Å². The van der Waals surface area contributed by atoms with Crippen LogP contribution in [0.15, 0.2) is 59.1 Å². The summed E-state index contributed by atoms with van der Waals surface area (Å²) in [5.41, 5.74) is 2.05. The minimum Gasteiger partial charge on any atom is -0.457 e. The lowest BCUT2D eigenvalue weighted by Gasteiger charge is -2.24. The van der Waals surface area contributed by atoms with Crippen molar-refractivity contribution in [3.63, 3.8) is 0 Å². The number of anilines is 1. The highest BCUT2D eigenvalue weighted by atomic mass is 16.5. The molecule has 1 amide bonds. The van der Waals surface area contributed by atoms with E-state index in [1.165, 1.54) is 0 Å². The molecule has 1 saturated heterocycles. The molecule has 5 rings (SSSR count). The zero-order valence-corrected chi connectivity index (χ0v) is 23.1. The van der Waals surface area contributed by atoms with Crippen molar-refractivity contribution in [3.05, 3.63) is 60.4 Å². The second-order valence-corrected chi connectivity index (χ2v) is 10.5. The highest BCUT2D eigenvalue weighted by molar-refractivity contribution is 5.98. The maximum Gasteiger partial charge on any atom is 0.263 e. The first-order valence-electron chi connectivity index (χ1n) is 14.0. The van der Waals surface area contributed by atoms with Crippen LogP contribution in [0.4, 0.5) is 5.82 Å². The lowest BCUT2D eigenvalue weighted by atomic mass is 10.1. The van der Waals surface area contributed by atoms with Crippen LogP contribution in [-0.2, 0) is 11.2 Å². The molecule has 1 aliphatic heterocycles. The van der Waals surface area contributed by atoms with Crippen molar-refractivity contribution in [2.75, 3.05) is 31.1 Å². The molecule has 0 saturated carbocycles. The second kappa shape index (κ2) is 12.3. The van der Waals surface area contributed by atoms with Crippen LogP contribution in [0.3, 0.4) is 0 Å². The first-order chi connectivity index (χ1) is 19.0. The standard InChI is InChI=1S/C31H37N5O3/c1-4-5-15-27(37)35-16-10-17-36(19-18-35)30-28-29(34-39-31(28)33-26(32-30)20-22(2)3)23-11-9-14-25(21-23)38-24-12-7-6-8-13-24/h6-9,11-14,21-22H,4-5,10,15-20H2,1-3H3. The number of para-hydroxylation sites is 1. The fourth-order valence-electron chi connectivity index (χ4n) is 4.96. The number of hydrogen-bond acceptors (Lipinski definition) is 7. The van der Waals surface area contributed by atoms with E-state index in [4.69, 9.17) is 19.2 Å². The molecule has 4 aromatic rings. The summed E-state index contributed by atoms with van der Waals surface area (Å²) in [6.45, 7) is 9.37. The maximum atomic E-state index is 12.7. The van der Waals surface area contributed by atoms with E-state index in [9.17, 15) is 4.79 Å². The number of nitrogens with zero attached hydrogens (tertiary/aromatic N) is 5. The van der Waals surface area contributed by atoms with E-state index in [2.05, 4.69) is 30.8 Å². The number of carbonyl (C=O) groups is 1. The Bertz CT molecular complexity index is 1400. The van der Waals surface area contributed by atoms with Gasteiger partial charge in [-0.05, 0) is 43.0 Å². The molecule has 0 atom stereocenters. The molecule has 1 aliphatic rings. The van der Waals surface area contributed by atoms with Gasteiger partial charge in [-0.1, -0.05) is 62.7 Å². The number of carbonyl (C=O) groups excluding carboxylic acids is 1. The highest BCUT2D eigenvalue weighted by Crippen LogP contribution is 2.36. The van der Waals surface area contributed by atoms with Crippen molar-refractivity contribution >= 4 is 22.8 Å². The van der Waals surface area contributed by atoms with Gasteiger partial charge in [-0.3, -0.25) is 4.79 Å². The van der Waals surface area contributed by atoms with E-state index in [0.717, 1.165) is 67.1 Å². The summed E-state index contributed by atoms with van der Waals surface area (Å²) in [7, 11) is 0. The Labute approximate surface area is 230 Å². The third kappa shape index (κ3) is 6.38. The van der Waals surface area contributed by atoms with E-state index in [-0.39, 0.29) is 5.91 Å². The summed E-state index contributed by atoms with van der Waals surface area (Å²) in [6, 6.07) is 17.5. The van der Waals surface area contributed by atoms with Crippen LogP contribution in [-0.4, -0.2) is 52.1 Å². The quantitative estimate of drug-likeness (QED) is 0.245. The highest BCUT2D eigenvalue weighted by Gasteiger charge is 2.26. The van der Waals surface area contributed by atoms with Crippen LogP contribution < -0.4 is 9.64 Å². The molecular weight excluding hydrogens is 490 g/mol. The zero-order chi connectivity index (χ0) is 27.2. The Balaban J connectivity index is 1.49. The lowest BCUT2D eigenvalue weighted by molar-refractivity contribution is -0.131. The largest absolute Gasteiger partial charge is 0.457 e. The van der Waals surface area contributed by atoms with Gasteiger partial charge in [0.25, 0.3) is 5.71 Å². The lowest BCUT2D eigenvalue weighted by Crippen LogP contribution is -2.35. The zero-order valence-electron chi connectivity index (χ0n) is 23.1. The predicted octanol–water partition coefficient (Wildman–Crippen LogP) is 6.50. The van der Waals surface area contributed by atoms with Gasteiger partial charge >= 0.3 is 0 Å². The summed E-state index contributed by atoms with van der Waals surface area (Å²) >= 11 is 0. The summed E-state index contributed by atoms with van der Waals surface area (Å²) in [4.78, 5) is 26.8. The molecule has 204 valence electrons. The fourth-order valence-corrected chi connectivity index (χ4v) is 4.96. The SMILES string of the molecule is CCCCC(=O)N1CCCN(c2nc(CC(C)C)nc3onc(-c4cccc(Oc5ccccc5)c4)c23)CC1.